The molecule has 4 aromatic rings. The molecule has 0 unspecified atom stereocenters. The maximum absolute atomic E-state index is 14.4. The Balaban J connectivity index is 1.53. The number of aromatic nitrogens is 3. The molecule has 5 rings (SSSR count). The van der Waals surface area contributed by atoms with Crippen LogP contribution in [0.3, 0.4) is 0 Å². The van der Waals surface area contributed by atoms with E-state index in [0.717, 1.165) is 17.3 Å². The second-order valence-electron chi connectivity index (χ2n) is 9.31. The van der Waals surface area contributed by atoms with Gasteiger partial charge in [-0.25, -0.2) is 13.8 Å². The fraction of sp³-hybridized carbons (Fsp3) is 0.231. The zero-order valence-corrected chi connectivity index (χ0v) is 21.5. The molecule has 0 bridgehead atoms. The van der Waals surface area contributed by atoms with Crippen molar-refractivity contribution in [1.29, 1.82) is 0 Å². The number of primary amides is 1. The minimum atomic E-state index is -1.35. The van der Waals surface area contributed by atoms with Crippen molar-refractivity contribution in [2.45, 2.75) is 6.42 Å². The fourth-order valence-corrected chi connectivity index (χ4v) is 4.59. The van der Waals surface area contributed by atoms with Gasteiger partial charge in [0.2, 0.25) is 17.4 Å². The molecule has 0 radical (unpaired) electrons. The Morgan fingerprint density at radius 1 is 1.21 bits per heavy atom. The lowest BCUT2D eigenvalue weighted by Crippen LogP contribution is -2.36. The number of halogens is 2. The number of benzene rings is 2. The fourth-order valence-electron chi connectivity index (χ4n) is 4.59. The lowest BCUT2D eigenvalue weighted by molar-refractivity contribution is -0.333. The summed E-state index contributed by atoms with van der Waals surface area (Å²) in [6.45, 7) is 0.845. The van der Waals surface area contributed by atoms with Crippen molar-refractivity contribution in [3.8, 4) is 5.75 Å². The molecular formula is C26H27F2N8O3+. The summed E-state index contributed by atoms with van der Waals surface area (Å²) in [6.07, 6.45) is 2.37. The lowest BCUT2D eigenvalue weighted by atomic mass is 10.1. The molecule has 2 aromatic carbocycles. The molecule has 0 saturated heterocycles. The zero-order chi connectivity index (χ0) is 27.8. The van der Waals surface area contributed by atoms with Crippen LogP contribution in [0.5, 0.6) is 5.75 Å². The van der Waals surface area contributed by atoms with Crippen molar-refractivity contribution in [2.75, 3.05) is 49.8 Å². The van der Waals surface area contributed by atoms with E-state index in [1.807, 2.05) is 31.1 Å². The number of nitrogens with two attached hydrogens (primary N) is 1. The molecule has 0 aliphatic carbocycles. The number of methoxy groups -OCH3 is 1. The van der Waals surface area contributed by atoms with E-state index < -0.39 is 23.1 Å². The first-order valence-corrected chi connectivity index (χ1v) is 12.0. The van der Waals surface area contributed by atoms with Gasteiger partial charge in [-0.1, -0.05) is 4.98 Å². The molecular weight excluding hydrogens is 510 g/mol. The summed E-state index contributed by atoms with van der Waals surface area (Å²) in [4.78, 5) is 39.0. The van der Waals surface area contributed by atoms with Crippen LogP contribution in [0.4, 0.5) is 37.6 Å². The number of amides is 2. The number of nitrogens with zero attached hydrogens (tertiary/aromatic N) is 3. The Labute approximate surface area is 222 Å². The Morgan fingerprint density at radius 2 is 2.00 bits per heavy atom. The first kappa shape index (κ1) is 25.9. The quantitative estimate of drug-likeness (QED) is 0.271. The molecule has 39 heavy (non-hydrogen) atoms. The summed E-state index contributed by atoms with van der Waals surface area (Å²) < 4.78 is 33.8. The highest BCUT2D eigenvalue weighted by Crippen LogP contribution is 2.38. The van der Waals surface area contributed by atoms with Crippen LogP contribution < -0.4 is 31.0 Å². The molecule has 2 amide bonds. The summed E-state index contributed by atoms with van der Waals surface area (Å²) in [5.41, 5.74) is 7.53. The van der Waals surface area contributed by atoms with Crippen LogP contribution in [-0.2, 0) is 11.2 Å². The molecule has 1 aliphatic rings. The Bertz CT molecular complexity index is 1600. The smallest absolute Gasteiger partial charge is 0.351 e. The van der Waals surface area contributed by atoms with Gasteiger partial charge in [0.1, 0.15) is 11.3 Å². The molecule has 0 spiro atoms. The Hall–Kier alpha value is -4.78. The number of fused-ring (bicyclic) bond motifs is 2. The van der Waals surface area contributed by atoms with E-state index in [1.54, 1.807) is 24.3 Å². The van der Waals surface area contributed by atoms with Gasteiger partial charge in [-0.3, -0.25) is 19.9 Å². The van der Waals surface area contributed by atoms with Crippen molar-refractivity contribution in [3.63, 3.8) is 0 Å². The average molecular weight is 538 g/mol. The summed E-state index contributed by atoms with van der Waals surface area (Å²) in [5.74, 6) is -2.65. The number of hydrogen-bond donors (Lipinski definition) is 4. The van der Waals surface area contributed by atoms with E-state index in [4.69, 9.17) is 10.5 Å². The first-order valence-electron chi connectivity index (χ1n) is 12.0. The van der Waals surface area contributed by atoms with Crippen LogP contribution >= 0.6 is 0 Å². The topological polar surface area (TPSA) is 143 Å². The zero-order valence-electron chi connectivity index (χ0n) is 21.5. The third-order valence-corrected chi connectivity index (χ3v) is 6.37. The van der Waals surface area contributed by atoms with Gasteiger partial charge in [0.05, 0.1) is 30.4 Å². The van der Waals surface area contributed by atoms with Gasteiger partial charge in [-0.2, -0.15) is 0 Å². The number of carbonyl (C=O) groups is 2. The van der Waals surface area contributed by atoms with E-state index in [9.17, 15) is 18.4 Å². The highest BCUT2D eigenvalue weighted by Gasteiger charge is 2.28. The largest absolute Gasteiger partial charge is 0.493 e. The highest BCUT2D eigenvalue weighted by atomic mass is 19.2. The molecule has 0 atom stereocenters. The SMILES string of the molecule is COc1cc2c(cc1Nc1nc(Nc3ccc(F)c(F)c3C(N)=O)c3cc[nH]c3[nH+]1)N(C(=O)CN(C)C)CC2. The third kappa shape index (κ3) is 4.91. The second kappa shape index (κ2) is 10.2. The molecule has 0 saturated carbocycles. The predicted octanol–water partition coefficient (Wildman–Crippen LogP) is 2.70. The van der Waals surface area contributed by atoms with Crippen LogP contribution in [0.15, 0.2) is 36.5 Å². The second-order valence-corrected chi connectivity index (χ2v) is 9.31. The van der Waals surface area contributed by atoms with Crippen molar-refractivity contribution in [3.05, 3.63) is 59.3 Å². The molecule has 13 heteroatoms. The molecule has 11 nitrogen and oxygen atoms in total. The Morgan fingerprint density at radius 3 is 2.72 bits per heavy atom. The van der Waals surface area contributed by atoms with Gasteiger partial charge >= 0.3 is 5.95 Å². The third-order valence-electron chi connectivity index (χ3n) is 6.37. The molecule has 2 aromatic heterocycles. The highest BCUT2D eigenvalue weighted by molar-refractivity contribution is 6.01. The number of aromatic amines is 2. The van der Waals surface area contributed by atoms with Gasteiger partial charge < -0.3 is 25.6 Å². The number of rotatable bonds is 8. The molecule has 0 fully saturated rings. The normalized spacial score (nSPS) is 12.6. The van der Waals surface area contributed by atoms with Gasteiger partial charge in [0.25, 0.3) is 5.91 Å². The minimum absolute atomic E-state index is 0.0179. The molecule has 6 N–H and O–H groups in total. The monoisotopic (exact) mass is 537 g/mol. The molecule has 3 heterocycles. The molecule has 1 aliphatic heterocycles. The van der Waals surface area contributed by atoms with Gasteiger partial charge in [-0.15, -0.1) is 0 Å². The lowest BCUT2D eigenvalue weighted by Gasteiger charge is -2.20. The maximum atomic E-state index is 14.4. The summed E-state index contributed by atoms with van der Waals surface area (Å²) in [5, 5.41) is 6.68. The maximum Gasteiger partial charge on any atom is 0.351 e. The summed E-state index contributed by atoms with van der Waals surface area (Å²) in [7, 11) is 5.22. The predicted molar refractivity (Wildman–Crippen MR) is 142 cm³/mol. The first-order chi connectivity index (χ1) is 18.7. The van der Waals surface area contributed by atoms with Crippen molar-refractivity contribution in [2.24, 2.45) is 5.73 Å². The van der Waals surface area contributed by atoms with E-state index in [1.165, 1.54) is 6.07 Å². The standard InChI is InChI=1S/C26H26F2N8O3/c1-35(2)12-20(37)36-9-7-13-10-19(39-3)17(11-18(13)36)32-26-33-24-14(6-8-30-24)25(34-26)31-16-5-4-15(27)22(28)21(16)23(29)38/h4-6,8,10-11H,7,9,12H2,1-3H3,(H2,29,38)(H3,30,31,32,33,34)/p+1. The number of anilines is 5. The number of carbonyl (C=O) groups excluding carboxylic acids is 2. The Kier molecular flexibility index (Phi) is 6.74. The van der Waals surface area contributed by atoms with E-state index in [2.05, 4.69) is 25.6 Å². The van der Waals surface area contributed by atoms with Gasteiger partial charge in [-0.05, 0) is 50.3 Å². The van der Waals surface area contributed by atoms with E-state index in [-0.39, 0.29) is 29.9 Å². The van der Waals surface area contributed by atoms with Crippen LogP contribution in [0.2, 0.25) is 0 Å². The van der Waals surface area contributed by atoms with Crippen molar-refractivity contribution >= 4 is 51.7 Å². The molecule has 202 valence electrons. The van der Waals surface area contributed by atoms with Crippen molar-refractivity contribution < 1.29 is 28.1 Å². The van der Waals surface area contributed by atoms with E-state index in [0.29, 0.717) is 35.4 Å². The van der Waals surface area contributed by atoms with Crippen LogP contribution in [0.1, 0.15) is 15.9 Å². The number of ether oxygens (including phenoxy) is 1. The van der Waals surface area contributed by atoms with Crippen LogP contribution in [0.25, 0.3) is 11.0 Å². The van der Waals surface area contributed by atoms with Gasteiger partial charge in [0.15, 0.2) is 17.4 Å². The number of nitrogens with one attached hydrogen (secondary N) is 4. The number of likely N-dealkylation sites (N-methyl/N-ethyl adjacent to an activating group) is 1. The van der Waals surface area contributed by atoms with E-state index >= 15 is 0 Å². The van der Waals surface area contributed by atoms with Gasteiger partial charge in [0, 0.05) is 18.8 Å². The van der Waals surface area contributed by atoms with Crippen LogP contribution in [0, 0.1) is 11.6 Å². The van der Waals surface area contributed by atoms with Crippen molar-refractivity contribution in [1.82, 2.24) is 14.9 Å². The number of hydrogen-bond acceptors (Lipinski definition) is 7. The summed E-state index contributed by atoms with van der Waals surface area (Å²) in [6, 6.07) is 7.54. The summed E-state index contributed by atoms with van der Waals surface area (Å²) >= 11 is 0. The average Bonchev–Trinajstić information content (AvgIpc) is 3.52. The van der Waals surface area contributed by atoms with Crippen LogP contribution in [-0.4, -0.2) is 61.0 Å². The minimum Gasteiger partial charge on any atom is -0.493 e. The number of H-pyrrole nitrogens is 2.